The summed E-state index contributed by atoms with van der Waals surface area (Å²) in [4.78, 5) is 23.8. The van der Waals surface area contributed by atoms with E-state index in [-0.39, 0.29) is 24.1 Å². The highest BCUT2D eigenvalue weighted by molar-refractivity contribution is 5.98. The van der Waals surface area contributed by atoms with E-state index in [0.29, 0.717) is 43.9 Å². The van der Waals surface area contributed by atoms with Gasteiger partial charge in [0, 0.05) is 31.0 Å². The lowest BCUT2D eigenvalue weighted by atomic mass is 9.79. The number of benzene rings is 1. The molecule has 0 spiro atoms. The predicted molar refractivity (Wildman–Crippen MR) is 83.9 cm³/mol. The van der Waals surface area contributed by atoms with Gasteiger partial charge in [-0.2, -0.15) is 0 Å². The Bertz CT molecular complexity index is 513. The third-order valence-electron chi connectivity index (χ3n) is 3.85. The Morgan fingerprint density at radius 3 is 2.57 bits per heavy atom. The molecule has 1 heterocycles. The lowest BCUT2D eigenvalue weighted by Gasteiger charge is -2.34. The molecule has 1 aromatic carbocycles. The number of nitrogens with one attached hydrogen (secondary N) is 1. The minimum Gasteiger partial charge on any atom is -0.381 e. The van der Waals surface area contributed by atoms with E-state index in [9.17, 15) is 9.59 Å². The monoisotopic (exact) mass is 312 g/mol. The van der Waals surface area contributed by atoms with Gasteiger partial charge in [0.15, 0.2) is 5.78 Å². The van der Waals surface area contributed by atoms with Crippen molar-refractivity contribution >= 4 is 29.8 Å². The van der Waals surface area contributed by atoms with Crippen molar-refractivity contribution < 1.29 is 14.3 Å². The molecule has 6 heteroatoms. The number of anilines is 1. The zero-order valence-electron chi connectivity index (χ0n) is 12.1. The molecule has 1 saturated heterocycles. The van der Waals surface area contributed by atoms with Crippen LogP contribution in [0.5, 0.6) is 0 Å². The average molecular weight is 313 g/mol. The lowest BCUT2D eigenvalue weighted by Crippen LogP contribution is -2.46. The molecule has 1 aromatic rings. The number of carbonyl (C=O) groups is 2. The quantitative estimate of drug-likeness (QED) is 0.833. The van der Waals surface area contributed by atoms with Crippen molar-refractivity contribution in [2.24, 2.45) is 11.1 Å². The van der Waals surface area contributed by atoms with Crippen molar-refractivity contribution in [2.45, 2.75) is 19.8 Å². The molecule has 1 amide bonds. The van der Waals surface area contributed by atoms with Crippen molar-refractivity contribution in [3.63, 3.8) is 0 Å². The highest BCUT2D eigenvalue weighted by Gasteiger charge is 2.38. The topological polar surface area (TPSA) is 81.4 Å². The molecule has 0 atom stereocenters. The van der Waals surface area contributed by atoms with Gasteiger partial charge >= 0.3 is 0 Å². The molecule has 0 aromatic heterocycles. The lowest BCUT2D eigenvalue weighted by molar-refractivity contribution is -0.130. The van der Waals surface area contributed by atoms with E-state index in [1.165, 1.54) is 6.92 Å². The summed E-state index contributed by atoms with van der Waals surface area (Å²) in [6, 6.07) is 6.94. The highest BCUT2D eigenvalue weighted by atomic mass is 35.5. The van der Waals surface area contributed by atoms with Crippen LogP contribution in [0.25, 0.3) is 0 Å². The number of ketones is 1. The molecular formula is C15H21ClN2O3. The first-order valence-electron chi connectivity index (χ1n) is 6.78. The number of Topliss-reactive ketones (excluding diaryl/α,β-unsaturated/α-hetero) is 1. The van der Waals surface area contributed by atoms with Gasteiger partial charge in [0.05, 0.1) is 5.41 Å². The number of ether oxygens (including phenoxy) is 1. The summed E-state index contributed by atoms with van der Waals surface area (Å²) < 4.78 is 5.30. The van der Waals surface area contributed by atoms with E-state index >= 15 is 0 Å². The largest absolute Gasteiger partial charge is 0.381 e. The van der Waals surface area contributed by atoms with Crippen molar-refractivity contribution in [1.29, 1.82) is 0 Å². The van der Waals surface area contributed by atoms with Crippen LogP contribution < -0.4 is 11.1 Å². The van der Waals surface area contributed by atoms with Crippen molar-refractivity contribution in [3.8, 4) is 0 Å². The maximum absolute atomic E-state index is 12.5. The second kappa shape index (κ2) is 7.54. The van der Waals surface area contributed by atoms with E-state index in [0.717, 1.165) is 0 Å². The van der Waals surface area contributed by atoms with Gasteiger partial charge in [-0.15, -0.1) is 12.4 Å². The first-order valence-corrected chi connectivity index (χ1v) is 6.78. The molecule has 1 aliphatic rings. The fourth-order valence-electron chi connectivity index (χ4n) is 2.37. The molecule has 3 N–H and O–H groups in total. The van der Waals surface area contributed by atoms with Gasteiger partial charge in [-0.25, -0.2) is 0 Å². The van der Waals surface area contributed by atoms with Gasteiger partial charge in [0.1, 0.15) is 0 Å². The first kappa shape index (κ1) is 17.6. The Kier molecular flexibility index (Phi) is 6.33. The van der Waals surface area contributed by atoms with Gasteiger partial charge in [-0.1, -0.05) is 12.1 Å². The number of carbonyl (C=O) groups excluding carboxylic acids is 2. The first-order chi connectivity index (χ1) is 9.57. The number of hydrogen-bond donors (Lipinski definition) is 2. The van der Waals surface area contributed by atoms with Crippen molar-refractivity contribution in [3.05, 3.63) is 29.8 Å². The van der Waals surface area contributed by atoms with Gasteiger partial charge in [0.25, 0.3) is 0 Å². The van der Waals surface area contributed by atoms with E-state index in [1.54, 1.807) is 24.3 Å². The normalized spacial score (nSPS) is 16.7. The summed E-state index contributed by atoms with van der Waals surface area (Å²) >= 11 is 0. The molecule has 116 valence electrons. The van der Waals surface area contributed by atoms with Crippen molar-refractivity contribution in [2.75, 3.05) is 25.1 Å². The SMILES string of the molecule is CC(=O)c1cccc(NC(=O)C2(CN)CCOCC2)c1.Cl. The van der Waals surface area contributed by atoms with Crippen LogP contribution in [0.4, 0.5) is 5.69 Å². The maximum atomic E-state index is 12.5. The van der Waals surface area contributed by atoms with Gasteiger partial charge in [-0.05, 0) is 31.9 Å². The Balaban J connectivity index is 0.00000220. The Morgan fingerprint density at radius 2 is 2.00 bits per heavy atom. The van der Waals surface area contributed by atoms with Crippen LogP contribution in [0.3, 0.4) is 0 Å². The molecule has 0 saturated carbocycles. The molecule has 0 bridgehead atoms. The average Bonchev–Trinajstić information content (AvgIpc) is 2.48. The Morgan fingerprint density at radius 1 is 1.33 bits per heavy atom. The second-order valence-electron chi connectivity index (χ2n) is 5.19. The number of rotatable bonds is 4. The van der Waals surface area contributed by atoms with Crippen LogP contribution in [0.1, 0.15) is 30.1 Å². The zero-order chi connectivity index (χ0) is 14.6. The van der Waals surface area contributed by atoms with Crippen LogP contribution in [0.15, 0.2) is 24.3 Å². The van der Waals surface area contributed by atoms with Crippen LogP contribution >= 0.6 is 12.4 Å². The Hall–Kier alpha value is -1.43. The summed E-state index contributed by atoms with van der Waals surface area (Å²) in [5, 5.41) is 2.87. The van der Waals surface area contributed by atoms with Gasteiger partial charge in [0.2, 0.25) is 5.91 Å². The number of hydrogen-bond acceptors (Lipinski definition) is 4. The molecule has 5 nitrogen and oxygen atoms in total. The molecule has 0 unspecified atom stereocenters. The van der Waals surface area contributed by atoms with E-state index in [1.807, 2.05) is 0 Å². The molecule has 0 aliphatic carbocycles. The minimum absolute atomic E-state index is 0. The molecule has 1 aliphatic heterocycles. The summed E-state index contributed by atoms with van der Waals surface area (Å²) in [6.07, 6.45) is 1.25. The Labute approximate surface area is 130 Å². The molecule has 21 heavy (non-hydrogen) atoms. The van der Waals surface area contributed by atoms with Crippen LogP contribution in [0.2, 0.25) is 0 Å². The van der Waals surface area contributed by atoms with Gasteiger partial charge < -0.3 is 15.8 Å². The molecule has 1 fully saturated rings. The second-order valence-corrected chi connectivity index (χ2v) is 5.19. The number of amides is 1. The zero-order valence-corrected chi connectivity index (χ0v) is 12.9. The molecular weight excluding hydrogens is 292 g/mol. The van der Waals surface area contributed by atoms with Crippen molar-refractivity contribution in [1.82, 2.24) is 0 Å². The fourth-order valence-corrected chi connectivity index (χ4v) is 2.37. The fraction of sp³-hybridized carbons (Fsp3) is 0.467. The third-order valence-corrected chi connectivity index (χ3v) is 3.85. The van der Waals surface area contributed by atoms with E-state index in [4.69, 9.17) is 10.5 Å². The summed E-state index contributed by atoms with van der Waals surface area (Å²) in [6.45, 7) is 2.91. The van der Waals surface area contributed by atoms with Crippen LogP contribution in [-0.4, -0.2) is 31.4 Å². The number of nitrogens with two attached hydrogens (primary N) is 1. The molecule has 0 radical (unpaired) electrons. The summed E-state index contributed by atoms with van der Waals surface area (Å²) in [7, 11) is 0. The smallest absolute Gasteiger partial charge is 0.232 e. The predicted octanol–water partition coefficient (Wildman–Crippen LogP) is 2.01. The summed E-state index contributed by atoms with van der Waals surface area (Å²) in [5.41, 5.74) is 6.44. The third kappa shape index (κ3) is 4.03. The number of halogens is 1. The highest BCUT2D eigenvalue weighted by Crippen LogP contribution is 2.31. The van der Waals surface area contributed by atoms with Crippen LogP contribution in [0, 0.1) is 5.41 Å². The van der Waals surface area contributed by atoms with E-state index in [2.05, 4.69) is 5.32 Å². The minimum atomic E-state index is -0.565. The van der Waals surface area contributed by atoms with Gasteiger partial charge in [-0.3, -0.25) is 9.59 Å². The van der Waals surface area contributed by atoms with E-state index < -0.39 is 5.41 Å². The molecule has 2 rings (SSSR count). The standard InChI is InChI=1S/C15H20N2O3.ClH/c1-11(18)12-3-2-4-13(9-12)17-14(19)15(10-16)5-7-20-8-6-15;/h2-4,9H,5-8,10,16H2,1H3,(H,17,19);1H. The summed E-state index contributed by atoms with van der Waals surface area (Å²) in [5.74, 6) is -0.121. The van der Waals surface area contributed by atoms with Crippen LogP contribution in [-0.2, 0) is 9.53 Å². The maximum Gasteiger partial charge on any atom is 0.232 e.